The molecular formula is C28H23N5O4. The minimum atomic E-state index is -0.400. The lowest BCUT2D eigenvalue weighted by Gasteiger charge is -2.23. The number of benzene rings is 3. The van der Waals surface area contributed by atoms with Crippen LogP contribution in [-0.4, -0.2) is 27.6 Å². The maximum Gasteiger partial charge on any atom is 0.297 e. The van der Waals surface area contributed by atoms with Crippen LogP contribution >= 0.6 is 0 Å². The highest BCUT2D eigenvalue weighted by atomic mass is 16.5. The molecule has 0 spiro atoms. The first kappa shape index (κ1) is 22.5. The van der Waals surface area contributed by atoms with E-state index in [0.29, 0.717) is 29.2 Å². The maximum absolute atomic E-state index is 13.3. The Labute approximate surface area is 211 Å². The summed E-state index contributed by atoms with van der Waals surface area (Å²) in [6, 6.07) is 22.5. The van der Waals surface area contributed by atoms with Crippen LogP contribution in [0.25, 0.3) is 22.7 Å². The van der Waals surface area contributed by atoms with Crippen molar-refractivity contribution < 1.29 is 13.9 Å². The molecule has 9 heteroatoms. The molecule has 1 aliphatic rings. The van der Waals surface area contributed by atoms with E-state index in [0.717, 1.165) is 16.7 Å². The van der Waals surface area contributed by atoms with E-state index in [1.165, 1.54) is 11.7 Å². The van der Waals surface area contributed by atoms with Crippen LogP contribution in [0.5, 0.6) is 5.75 Å². The van der Waals surface area contributed by atoms with Crippen LogP contribution in [0.4, 0.5) is 5.95 Å². The lowest BCUT2D eigenvalue weighted by molar-refractivity contribution is 0.0965. The summed E-state index contributed by atoms with van der Waals surface area (Å²) >= 11 is 0. The maximum atomic E-state index is 13.3. The molecule has 0 saturated carbocycles. The minimum Gasteiger partial charge on any atom is -0.489 e. The van der Waals surface area contributed by atoms with E-state index in [4.69, 9.17) is 14.1 Å². The molecule has 184 valence electrons. The molecule has 0 bridgehead atoms. The molecule has 1 aliphatic heterocycles. The van der Waals surface area contributed by atoms with Gasteiger partial charge in [0, 0.05) is 19.2 Å². The average molecular weight is 494 g/mol. The Kier molecular flexibility index (Phi) is 5.45. The number of carbonyl (C=O) groups is 1. The van der Waals surface area contributed by atoms with Crippen molar-refractivity contribution in [3.63, 3.8) is 0 Å². The summed E-state index contributed by atoms with van der Waals surface area (Å²) in [6.45, 7) is 0.514. The fourth-order valence-corrected chi connectivity index (χ4v) is 4.56. The van der Waals surface area contributed by atoms with E-state index in [2.05, 4.69) is 15.6 Å². The van der Waals surface area contributed by atoms with Crippen molar-refractivity contribution >= 4 is 23.0 Å². The molecule has 3 aromatic carbocycles. The molecule has 1 atom stereocenters. The first-order valence-electron chi connectivity index (χ1n) is 11.8. The van der Waals surface area contributed by atoms with Crippen molar-refractivity contribution in [3.8, 4) is 17.3 Å². The fraction of sp³-hybridized carbons (Fsp3) is 0.143. The molecule has 0 fully saturated rings. The summed E-state index contributed by atoms with van der Waals surface area (Å²) in [7, 11) is 3.04. The van der Waals surface area contributed by atoms with Crippen LogP contribution in [0.2, 0.25) is 0 Å². The molecule has 6 rings (SSSR count). The molecule has 2 N–H and O–H groups in total. The standard InChI is InChI=1S/C28H23N5O4/c1-33-27(35)24(36-2)23(26-30-20-10-6-7-11-21(20)37-26)32-28(33)31-22(16-8-4-3-5-9-16)17-12-13-18-15-29-25(34)19(18)14-17/h3-14,22H,15H2,1-2H3,(H,29,34)(H,31,32). The van der Waals surface area contributed by atoms with E-state index >= 15 is 0 Å². The van der Waals surface area contributed by atoms with E-state index < -0.39 is 11.6 Å². The van der Waals surface area contributed by atoms with Crippen molar-refractivity contribution in [2.24, 2.45) is 7.05 Å². The van der Waals surface area contributed by atoms with Gasteiger partial charge in [0.25, 0.3) is 17.4 Å². The summed E-state index contributed by atoms with van der Waals surface area (Å²) < 4.78 is 12.7. The van der Waals surface area contributed by atoms with Gasteiger partial charge in [-0.1, -0.05) is 54.6 Å². The van der Waals surface area contributed by atoms with Gasteiger partial charge in [0.15, 0.2) is 11.3 Å². The quantitative estimate of drug-likeness (QED) is 0.367. The van der Waals surface area contributed by atoms with Gasteiger partial charge in [0.1, 0.15) is 5.52 Å². The van der Waals surface area contributed by atoms with E-state index in [9.17, 15) is 9.59 Å². The highest BCUT2D eigenvalue weighted by Gasteiger charge is 2.26. The van der Waals surface area contributed by atoms with Gasteiger partial charge in [0.2, 0.25) is 11.7 Å². The van der Waals surface area contributed by atoms with E-state index in [1.54, 1.807) is 13.1 Å². The molecule has 0 aliphatic carbocycles. The minimum absolute atomic E-state index is 0.0325. The largest absolute Gasteiger partial charge is 0.489 e. The molecular weight excluding hydrogens is 470 g/mol. The first-order valence-corrected chi connectivity index (χ1v) is 11.8. The molecule has 9 nitrogen and oxygen atoms in total. The Bertz CT molecular complexity index is 1670. The topological polar surface area (TPSA) is 111 Å². The zero-order valence-electron chi connectivity index (χ0n) is 20.2. The van der Waals surface area contributed by atoms with Gasteiger partial charge in [-0.15, -0.1) is 0 Å². The van der Waals surface area contributed by atoms with Crippen LogP contribution in [0.15, 0.2) is 82.0 Å². The second-order valence-electron chi connectivity index (χ2n) is 8.76. The lowest BCUT2D eigenvalue weighted by Crippen LogP contribution is -2.26. The second-order valence-corrected chi connectivity index (χ2v) is 8.76. The van der Waals surface area contributed by atoms with Crippen LogP contribution < -0.4 is 20.9 Å². The Balaban J connectivity index is 1.49. The third-order valence-corrected chi connectivity index (χ3v) is 6.51. The third kappa shape index (κ3) is 3.90. The Morgan fingerprint density at radius 2 is 1.78 bits per heavy atom. The fourth-order valence-electron chi connectivity index (χ4n) is 4.56. The third-order valence-electron chi connectivity index (χ3n) is 6.51. The SMILES string of the molecule is COc1c(-c2nc3ccccc3o2)nc(NC(c2ccccc2)c2ccc3c(c2)C(=O)NC3)n(C)c1=O. The molecule has 2 aromatic heterocycles. The first-order chi connectivity index (χ1) is 18.0. The normalized spacial score (nSPS) is 13.3. The summed E-state index contributed by atoms with van der Waals surface area (Å²) in [5.74, 6) is 0.410. The van der Waals surface area contributed by atoms with Crippen LogP contribution in [0.3, 0.4) is 0 Å². The highest BCUT2D eigenvalue weighted by Crippen LogP contribution is 2.32. The molecule has 5 aromatic rings. The predicted molar refractivity (Wildman–Crippen MR) is 139 cm³/mol. The van der Waals surface area contributed by atoms with Gasteiger partial charge >= 0.3 is 0 Å². The number of para-hydroxylation sites is 2. The highest BCUT2D eigenvalue weighted by molar-refractivity contribution is 5.98. The zero-order chi connectivity index (χ0) is 25.5. The van der Waals surface area contributed by atoms with Crippen LogP contribution in [-0.2, 0) is 13.6 Å². The Morgan fingerprint density at radius 3 is 2.57 bits per heavy atom. The Morgan fingerprint density at radius 1 is 1.00 bits per heavy atom. The zero-order valence-corrected chi connectivity index (χ0v) is 20.2. The van der Waals surface area contributed by atoms with E-state index in [1.807, 2.05) is 66.7 Å². The van der Waals surface area contributed by atoms with Crippen LogP contribution in [0.1, 0.15) is 33.1 Å². The molecule has 1 unspecified atom stereocenters. The molecule has 0 saturated heterocycles. The predicted octanol–water partition coefficient (Wildman–Crippen LogP) is 4.04. The van der Waals surface area contributed by atoms with Crippen molar-refractivity contribution in [2.75, 3.05) is 12.4 Å². The number of hydrogen-bond acceptors (Lipinski definition) is 7. The van der Waals surface area contributed by atoms with Gasteiger partial charge in [-0.2, -0.15) is 0 Å². The number of oxazole rings is 1. The van der Waals surface area contributed by atoms with Crippen molar-refractivity contribution in [2.45, 2.75) is 12.6 Å². The monoisotopic (exact) mass is 493 g/mol. The van der Waals surface area contributed by atoms with Crippen molar-refractivity contribution in [1.29, 1.82) is 0 Å². The number of aromatic nitrogens is 3. The van der Waals surface area contributed by atoms with Gasteiger partial charge in [-0.3, -0.25) is 14.2 Å². The number of methoxy groups -OCH3 is 1. The molecule has 3 heterocycles. The molecule has 0 radical (unpaired) electrons. The summed E-state index contributed by atoms with van der Waals surface area (Å²) in [5.41, 5.74) is 4.43. The Hall–Kier alpha value is -4.92. The number of anilines is 1. The summed E-state index contributed by atoms with van der Waals surface area (Å²) in [5, 5.41) is 6.28. The van der Waals surface area contributed by atoms with Gasteiger partial charge in [-0.05, 0) is 34.9 Å². The van der Waals surface area contributed by atoms with Gasteiger partial charge in [0.05, 0.1) is 13.2 Å². The van der Waals surface area contributed by atoms with Crippen LogP contribution in [0, 0.1) is 0 Å². The number of rotatable bonds is 6. The number of hydrogen-bond donors (Lipinski definition) is 2. The molecule has 1 amide bonds. The second kappa shape index (κ2) is 8.94. The summed E-state index contributed by atoms with van der Waals surface area (Å²) in [6.07, 6.45) is 0. The molecule has 37 heavy (non-hydrogen) atoms. The van der Waals surface area contributed by atoms with Crippen molar-refractivity contribution in [3.05, 3.63) is 105 Å². The number of fused-ring (bicyclic) bond motifs is 2. The smallest absolute Gasteiger partial charge is 0.297 e. The number of nitrogens with zero attached hydrogens (tertiary/aromatic N) is 3. The number of carbonyl (C=O) groups excluding carboxylic acids is 1. The van der Waals surface area contributed by atoms with E-state index in [-0.39, 0.29) is 23.2 Å². The number of nitrogens with one attached hydrogen (secondary N) is 2. The van der Waals surface area contributed by atoms with Crippen molar-refractivity contribution in [1.82, 2.24) is 19.9 Å². The number of amides is 1. The number of ether oxygens (including phenoxy) is 1. The lowest BCUT2D eigenvalue weighted by atomic mass is 9.95. The van der Waals surface area contributed by atoms with Gasteiger partial charge < -0.3 is 19.8 Å². The summed E-state index contributed by atoms with van der Waals surface area (Å²) in [4.78, 5) is 34.9. The average Bonchev–Trinajstić information content (AvgIpc) is 3.53. The van der Waals surface area contributed by atoms with Gasteiger partial charge in [-0.25, -0.2) is 9.97 Å².